The maximum atomic E-state index is 12.9. The molecular formula is C19H26N2O3. The van der Waals surface area contributed by atoms with E-state index >= 15 is 0 Å². The zero-order valence-corrected chi connectivity index (χ0v) is 14.6. The Kier molecular flexibility index (Phi) is 4.63. The van der Waals surface area contributed by atoms with Gasteiger partial charge in [-0.15, -0.1) is 0 Å². The highest BCUT2D eigenvalue weighted by molar-refractivity contribution is 5.95. The van der Waals surface area contributed by atoms with Crippen LogP contribution >= 0.6 is 0 Å². The van der Waals surface area contributed by atoms with Crippen molar-refractivity contribution in [3.63, 3.8) is 0 Å². The third-order valence-corrected chi connectivity index (χ3v) is 5.43. The minimum Gasteiger partial charge on any atom is -0.391 e. The summed E-state index contributed by atoms with van der Waals surface area (Å²) in [4.78, 5) is 26.1. The first-order valence-electron chi connectivity index (χ1n) is 8.67. The van der Waals surface area contributed by atoms with E-state index < -0.39 is 6.10 Å². The molecule has 1 aliphatic heterocycles. The first-order valence-corrected chi connectivity index (χ1v) is 8.67. The number of hydrogen-bond donors (Lipinski definition) is 2. The van der Waals surface area contributed by atoms with Gasteiger partial charge in [0.05, 0.1) is 12.1 Å². The van der Waals surface area contributed by atoms with E-state index in [1.807, 2.05) is 36.9 Å². The SMILES string of the molecule is CC(=O)N[C@@H]1C[C@@H]2CN(C(=O)c3ccc(C)cc3C)C[C@@H]2C[C@H]1O. The second kappa shape index (κ2) is 6.55. The smallest absolute Gasteiger partial charge is 0.254 e. The maximum absolute atomic E-state index is 12.9. The van der Waals surface area contributed by atoms with Gasteiger partial charge in [0, 0.05) is 25.6 Å². The summed E-state index contributed by atoms with van der Waals surface area (Å²) in [6.07, 6.45) is 0.861. The number of benzene rings is 1. The summed E-state index contributed by atoms with van der Waals surface area (Å²) in [6, 6.07) is 5.72. The summed E-state index contributed by atoms with van der Waals surface area (Å²) in [7, 11) is 0. The number of nitrogens with zero attached hydrogens (tertiary/aromatic N) is 1. The Morgan fingerprint density at radius 3 is 2.46 bits per heavy atom. The van der Waals surface area contributed by atoms with Crippen LogP contribution in [0.15, 0.2) is 18.2 Å². The summed E-state index contributed by atoms with van der Waals surface area (Å²) < 4.78 is 0. The van der Waals surface area contributed by atoms with E-state index in [0.717, 1.165) is 23.1 Å². The van der Waals surface area contributed by atoms with E-state index in [4.69, 9.17) is 0 Å². The molecule has 1 saturated carbocycles. The summed E-state index contributed by atoms with van der Waals surface area (Å²) >= 11 is 0. The fraction of sp³-hybridized carbons (Fsp3) is 0.579. The summed E-state index contributed by atoms with van der Waals surface area (Å²) in [5, 5.41) is 13.1. The van der Waals surface area contributed by atoms with Gasteiger partial charge in [0.2, 0.25) is 5.91 Å². The van der Waals surface area contributed by atoms with E-state index in [2.05, 4.69) is 5.32 Å². The molecule has 1 saturated heterocycles. The molecule has 2 aliphatic rings. The number of fused-ring (bicyclic) bond motifs is 1. The van der Waals surface area contributed by atoms with Crippen LogP contribution in [0.1, 0.15) is 41.3 Å². The van der Waals surface area contributed by atoms with Crippen LogP contribution in [0.25, 0.3) is 0 Å². The van der Waals surface area contributed by atoms with E-state index in [1.165, 1.54) is 6.92 Å². The van der Waals surface area contributed by atoms with Crippen LogP contribution in [0.3, 0.4) is 0 Å². The van der Waals surface area contributed by atoms with Crippen molar-refractivity contribution in [2.24, 2.45) is 11.8 Å². The lowest BCUT2D eigenvalue weighted by Gasteiger charge is -2.35. The molecule has 2 N–H and O–H groups in total. The lowest BCUT2D eigenvalue weighted by molar-refractivity contribution is -0.121. The van der Waals surface area contributed by atoms with Gasteiger partial charge in [0.15, 0.2) is 0 Å². The van der Waals surface area contributed by atoms with Crippen LogP contribution in [-0.2, 0) is 4.79 Å². The van der Waals surface area contributed by atoms with Crippen molar-refractivity contribution in [2.45, 2.75) is 45.8 Å². The normalized spacial score (nSPS) is 29.2. The van der Waals surface area contributed by atoms with Crippen molar-refractivity contribution in [3.8, 4) is 0 Å². The molecule has 5 heteroatoms. The van der Waals surface area contributed by atoms with Crippen molar-refractivity contribution in [1.82, 2.24) is 10.2 Å². The lowest BCUT2D eigenvalue weighted by Crippen LogP contribution is -2.48. The van der Waals surface area contributed by atoms with E-state index in [1.54, 1.807) is 0 Å². The lowest BCUT2D eigenvalue weighted by atomic mass is 9.77. The third-order valence-electron chi connectivity index (χ3n) is 5.43. The number of rotatable bonds is 2. The van der Waals surface area contributed by atoms with Gasteiger partial charge in [-0.05, 0) is 50.2 Å². The molecule has 2 amide bonds. The van der Waals surface area contributed by atoms with E-state index in [0.29, 0.717) is 31.3 Å². The predicted octanol–water partition coefficient (Wildman–Crippen LogP) is 1.65. The Labute approximate surface area is 143 Å². The first-order chi connectivity index (χ1) is 11.3. The molecule has 0 unspecified atom stereocenters. The Morgan fingerprint density at radius 1 is 1.17 bits per heavy atom. The van der Waals surface area contributed by atoms with Crippen LogP contribution < -0.4 is 5.32 Å². The molecule has 1 aliphatic carbocycles. The fourth-order valence-electron chi connectivity index (χ4n) is 4.24. The highest BCUT2D eigenvalue weighted by Crippen LogP contribution is 2.37. The molecule has 2 fully saturated rings. The van der Waals surface area contributed by atoms with Crippen molar-refractivity contribution >= 4 is 11.8 Å². The number of aryl methyl sites for hydroxylation is 2. The standard InChI is InChI=1S/C19H26N2O3/c1-11-4-5-16(12(2)6-11)19(24)21-9-14-7-17(20-13(3)22)18(23)8-15(14)10-21/h4-6,14-15,17-18,23H,7-10H2,1-3H3,(H,20,22)/t14-,15+,17-,18-/m1/s1. The number of hydrogen-bond acceptors (Lipinski definition) is 3. The average Bonchev–Trinajstić information content (AvgIpc) is 2.89. The Hall–Kier alpha value is -1.88. The second-order valence-corrected chi connectivity index (χ2v) is 7.39. The fourth-order valence-corrected chi connectivity index (χ4v) is 4.24. The molecule has 3 rings (SSSR count). The molecule has 1 aromatic carbocycles. The number of aliphatic hydroxyl groups is 1. The summed E-state index contributed by atoms with van der Waals surface area (Å²) in [5.41, 5.74) is 2.92. The van der Waals surface area contributed by atoms with Gasteiger partial charge in [-0.25, -0.2) is 0 Å². The number of likely N-dealkylation sites (tertiary alicyclic amines) is 1. The monoisotopic (exact) mass is 330 g/mol. The molecule has 24 heavy (non-hydrogen) atoms. The van der Waals surface area contributed by atoms with Crippen LogP contribution in [0.5, 0.6) is 0 Å². The van der Waals surface area contributed by atoms with Crippen molar-refractivity contribution in [3.05, 3.63) is 34.9 Å². The zero-order valence-electron chi connectivity index (χ0n) is 14.6. The molecular weight excluding hydrogens is 304 g/mol. The van der Waals surface area contributed by atoms with Crippen molar-refractivity contribution in [2.75, 3.05) is 13.1 Å². The van der Waals surface area contributed by atoms with E-state index in [9.17, 15) is 14.7 Å². The Balaban J connectivity index is 1.70. The highest BCUT2D eigenvalue weighted by Gasteiger charge is 2.43. The minimum atomic E-state index is -0.522. The van der Waals surface area contributed by atoms with Crippen molar-refractivity contribution in [1.29, 1.82) is 0 Å². The maximum Gasteiger partial charge on any atom is 0.254 e. The second-order valence-electron chi connectivity index (χ2n) is 7.39. The Morgan fingerprint density at radius 2 is 1.83 bits per heavy atom. The van der Waals surface area contributed by atoms with Crippen LogP contribution in [-0.4, -0.2) is 47.1 Å². The molecule has 1 heterocycles. The van der Waals surface area contributed by atoms with Crippen LogP contribution in [0.4, 0.5) is 0 Å². The molecule has 0 radical (unpaired) electrons. The minimum absolute atomic E-state index is 0.0764. The Bertz CT molecular complexity index is 658. The predicted molar refractivity (Wildman–Crippen MR) is 91.6 cm³/mol. The quantitative estimate of drug-likeness (QED) is 0.866. The average molecular weight is 330 g/mol. The number of carbonyl (C=O) groups is 2. The van der Waals surface area contributed by atoms with Gasteiger partial charge in [-0.1, -0.05) is 17.7 Å². The number of aliphatic hydroxyl groups excluding tert-OH is 1. The van der Waals surface area contributed by atoms with Gasteiger partial charge in [0.25, 0.3) is 5.91 Å². The van der Waals surface area contributed by atoms with E-state index in [-0.39, 0.29) is 17.9 Å². The van der Waals surface area contributed by atoms with Gasteiger partial charge < -0.3 is 15.3 Å². The molecule has 4 atom stereocenters. The van der Waals surface area contributed by atoms with Gasteiger partial charge in [0.1, 0.15) is 0 Å². The summed E-state index contributed by atoms with van der Waals surface area (Å²) in [5.74, 6) is 0.630. The van der Waals surface area contributed by atoms with Crippen LogP contribution in [0, 0.1) is 25.7 Å². The summed E-state index contributed by atoms with van der Waals surface area (Å²) in [6.45, 7) is 6.87. The number of amides is 2. The molecule has 0 aromatic heterocycles. The molecule has 1 aromatic rings. The highest BCUT2D eigenvalue weighted by atomic mass is 16.3. The molecule has 0 bridgehead atoms. The molecule has 5 nitrogen and oxygen atoms in total. The largest absolute Gasteiger partial charge is 0.391 e. The van der Waals surface area contributed by atoms with Gasteiger partial charge >= 0.3 is 0 Å². The molecule has 130 valence electrons. The third kappa shape index (κ3) is 3.31. The first kappa shape index (κ1) is 17.0. The molecule has 0 spiro atoms. The number of nitrogens with one attached hydrogen (secondary N) is 1. The van der Waals surface area contributed by atoms with Gasteiger partial charge in [-0.2, -0.15) is 0 Å². The van der Waals surface area contributed by atoms with Crippen molar-refractivity contribution < 1.29 is 14.7 Å². The van der Waals surface area contributed by atoms with Crippen LogP contribution in [0.2, 0.25) is 0 Å². The zero-order chi connectivity index (χ0) is 17.4. The number of carbonyl (C=O) groups excluding carboxylic acids is 2. The van der Waals surface area contributed by atoms with Gasteiger partial charge in [-0.3, -0.25) is 9.59 Å². The topological polar surface area (TPSA) is 69.6 Å².